The number of hydrogen-bond donors (Lipinski definition) is 0. The Kier molecular flexibility index (Phi) is 8.13. The lowest BCUT2D eigenvalue weighted by Crippen LogP contribution is -1.94. The number of hydrogen-bond acceptors (Lipinski definition) is 0. The van der Waals surface area contributed by atoms with Gasteiger partial charge in [-0.1, -0.05) is 206 Å². The van der Waals surface area contributed by atoms with Crippen LogP contribution in [0.4, 0.5) is 0 Å². The zero-order valence-electron chi connectivity index (χ0n) is 37.6. The molecule has 0 amide bonds. The predicted octanol–water partition coefficient (Wildman–Crippen LogP) is 19.0. The van der Waals surface area contributed by atoms with E-state index in [-0.39, 0.29) is 0 Å². The Morgan fingerprint density at radius 3 is 1.28 bits per heavy atom. The van der Waals surface area contributed by atoms with Gasteiger partial charge in [-0.15, -0.1) is 0 Å². The molecule has 0 atom stereocenters. The van der Waals surface area contributed by atoms with E-state index in [1.54, 1.807) is 0 Å². The third kappa shape index (κ3) is 5.78. The molecule has 69 heavy (non-hydrogen) atoms. The van der Waals surface area contributed by atoms with Gasteiger partial charge in [0.2, 0.25) is 0 Å². The van der Waals surface area contributed by atoms with Gasteiger partial charge in [0, 0.05) is 16.5 Å². The Hall–Kier alpha value is -9.04. The molecule has 0 spiro atoms. The summed E-state index contributed by atoms with van der Waals surface area (Å²) in [6.07, 6.45) is 0. The SMILES string of the molecule is c1cc(-c2ccc3ccc4ccc5ccccc5c4c3c2)cc(-n2c3ccccc3c3c(-c4cccc5ccc(-c6ccc7ccc8ccc9ccc%10ccccc%10c9c8c7c6)cc45)cccc32)c1. The van der Waals surface area contributed by atoms with E-state index in [2.05, 4.69) is 253 Å². The number of fused-ring (bicyclic) bond motifs is 16. The molecule has 15 rings (SSSR count). The maximum absolute atomic E-state index is 2.46. The summed E-state index contributed by atoms with van der Waals surface area (Å²) in [5, 5.41) is 22.9. The molecular formula is C68H41N. The van der Waals surface area contributed by atoms with Crippen molar-refractivity contribution >= 4 is 108 Å². The number of rotatable bonds is 4. The maximum atomic E-state index is 2.46. The Balaban J connectivity index is 0.890. The van der Waals surface area contributed by atoms with Crippen molar-refractivity contribution in [2.24, 2.45) is 0 Å². The monoisotopic (exact) mass is 871 g/mol. The van der Waals surface area contributed by atoms with E-state index in [1.165, 1.54) is 141 Å². The Bertz CT molecular complexity index is 4650. The van der Waals surface area contributed by atoms with Gasteiger partial charge in [0.1, 0.15) is 0 Å². The van der Waals surface area contributed by atoms with Gasteiger partial charge in [-0.25, -0.2) is 0 Å². The molecule has 15 aromatic rings. The lowest BCUT2D eigenvalue weighted by atomic mass is 9.90. The molecule has 0 N–H and O–H groups in total. The van der Waals surface area contributed by atoms with Gasteiger partial charge in [0.05, 0.1) is 11.0 Å². The minimum Gasteiger partial charge on any atom is -0.309 e. The van der Waals surface area contributed by atoms with Crippen LogP contribution in [0.3, 0.4) is 0 Å². The summed E-state index contributed by atoms with van der Waals surface area (Å²) in [5.41, 5.74) is 10.8. The van der Waals surface area contributed by atoms with E-state index in [1.807, 2.05) is 0 Å². The minimum atomic E-state index is 1.14. The average Bonchev–Trinajstić information content (AvgIpc) is 3.76. The fourth-order valence-corrected chi connectivity index (χ4v) is 11.9. The first-order valence-electron chi connectivity index (χ1n) is 24.0. The third-order valence-electron chi connectivity index (χ3n) is 15.1. The van der Waals surface area contributed by atoms with Crippen LogP contribution >= 0.6 is 0 Å². The molecule has 0 radical (unpaired) electrons. The smallest absolute Gasteiger partial charge is 0.0547 e. The molecule has 14 aromatic carbocycles. The number of aromatic nitrogens is 1. The van der Waals surface area contributed by atoms with Gasteiger partial charge in [0.25, 0.3) is 0 Å². The fourth-order valence-electron chi connectivity index (χ4n) is 11.9. The van der Waals surface area contributed by atoms with Gasteiger partial charge in [-0.2, -0.15) is 0 Å². The highest BCUT2D eigenvalue weighted by atomic mass is 15.0. The van der Waals surface area contributed by atoms with E-state index in [4.69, 9.17) is 0 Å². The molecular weight excluding hydrogens is 831 g/mol. The minimum absolute atomic E-state index is 1.14. The Labute approximate surface area is 398 Å². The summed E-state index contributed by atoms with van der Waals surface area (Å²) in [6, 6.07) is 92.8. The van der Waals surface area contributed by atoms with Crippen molar-refractivity contribution in [1.29, 1.82) is 0 Å². The van der Waals surface area contributed by atoms with Crippen molar-refractivity contribution < 1.29 is 0 Å². The van der Waals surface area contributed by atoms with E-state index in [0.29, 0.717) is 0 Å². The topological polar surface area (TPSA) is 4.93 Å². The van der Waals surface area contributed by atoms with Gasteiger partial charge < -0.3 is 4.57 Å². The summed E-state index contributed by atoms with van der Waals surface area (Å²) in [7, 11) is 0. The van der Waals surface area contributed by atoms with Crippen LogP contribution in [0.25, 0.3) is 147 Å². The van der Waals surface area contributed by atoms with Crippen molar-refractivity contribution in [3.8, 4) is 39.1 Å². The van der Waals surface area contributed by atoms with Crippen LogP contribution in [0.1, 0.15) is 0 Å². The first-order chi connectivity index (χ1) is 34.2. The van der Waals surface area contributed by atoms with Crippen LogP contribution in [0.2, 0.25) is 0 Å². The fraction of sp³-hybridized carbons (Fsp3) is 0. The zero-order valence-corrected chi connectivity index (χ0v) is 37.6. The first-order valence-corrected chi connectivity index (χ1v) is 24.0. The second-order valence-corrected chi connectivity index (χ2v) is 18.8. The molecule has 0 unspecified atom stereocenters. The first kappa shape index (κ1) is 38.1. The molecule has 0 aliphatic heterocycles. The van der Waals surface area contributed by atoms with Crippen molar-refractivity contribution in [1.82, 2.24) is 4.57 Å². The maximum Gasteiger partial charge on any atom is 0.0547 e. The van der Waals surface area contributed by atoms with Crippen LogP contribution in [-0.4, -0.2) is 4.57 Å². The van der Waals surface area contributed by atoms with Gasteiger partial charge >= 0.3 is 0 Å². The van der Waals surface area contributed by atoms with Crippen molar-refractivity contribution in [3.05, 3.63) is 249 Å². The van der Waals surface area contributed by atoms with Gasteiger partial charge in [-0.3, -0.25) is 0 Å². The lowest BCUT2D eigenvalue weighted by Gasteiger charge is -2.14. The van der Waals surface area contributed by atoms with Gasteiger partial charge in [-0.05, 0) is 162 Å². The summed E-state index contributed by atoms with van der Waals surface area (Å²) in [4.78, 5) is 0. The molecule has 0 saturated carbocycles. The summed E-state index contributed by atoms with van der Waals surface area (Å²) >= 11 is 0. The van der Waals surface area contributed by atoms with Crippen LogP contribution < -0.4 is 0 Å². The van der Waals surface area contributed by atoms with E-state index in [0.717, 1.165) is 5.69 Å². The number of para-hydroxylation sites is 1. The van der Waals surface area contributed by atoms with Crippen LogP contribution in [0.5, 0.6) is 0 Å². The summed E-state index contributed by atoms with van der Waals surface area (Å²) in [5.74, 6) is 0. The molecule has 318 valence electrons. The number of nitrogens with zero attached hydrogens (tertiary/aromatic N) is 1. The molecule has 0 saturated heterocycles. The third-order valence-corrected chi connectivity index (χ3v) is 15.1. The summed E-state index contributed by atoms with van der Waals surface area (Å²) < 4.78 is 2.46. The molecule has 1 nitrogen and oxygen atoms in total. The molecule has 1 heterocycles. The van der Waals surface area contributed by atoms with Crippen molar-refractivity contribution in [2.45, 2.75) is 0 Å². The second-order valence-electron chi connectivity index (χ2n) is 18.8. The second kappa shape index (κ2) is 14.7. The van der Waals surface area contributed by atoms with Crippen LogP contribution in [-0.2, 0) is 0 Å². The molecule has 0 aliphatic rings. The molecule has 1 aromatic heterocycles. The highest BCUT2D eigenvalue weighted by Gasteiger charge is 2.19. The molecule has 0 fully saturated rings. The molecule has 0 bridgehead atoms. The Morgan fingerprint density at radius 2 is 0.609 bits per heavy atom. The largest absolute Gasteiger partial charge is 0.309 e. The normalized spacial score (nSPS) is 12.1. The quantitative estimate of drug-likeness (QED) is 0.155. The van der Waals surface area contributed by atoms with Gasteiger partial charge in [0.15, 0.2) is 0 Å². The standard InChI is InChI=1S/C68H41N/c1-3-15-55-42(10-1)22-29-47-30-24-45-27-36-52(40-61(45)65(47)55)50-13-7-14-54(38-50)69-63-20-6-5-17-59(63)68-58(19-9-21-64(68)69)57-18-8-12-44-26-35-51(39-60(44)57)53-37-28-46-25-32-49-34-33-48-31-23-43-11-2-4-16-56(43)66(48)67(49)62(46)41-53/h1-41H. The van der Waals surface area contributed by atoms with Crippen molar-refractivity contribution in [3.63, 3.8) is 0 Å². The predicted molar refractivity (Wildman–Crippen MR) is 297 cm³/mol. The molecule has 0 aliphatic carbocycles. The average molecular weight is 872 g/mol. The van der Waals surface area contributed by atoms with E-state index in [9.17, 15) is 0 Å². The van der Waals surface area contributed by atoms with Crippen LogP contribution in [0.15, 0.2) is 249 Å². The highest BCUT2D eigenvalue weighted by molar-refractivity contribution is 6.28. The summed E-state index contributed by atoms with van der Waals surface area (Å²) in [6.45, 7) is 0. The van der Waals surface area contributed by atoms with Crippen molar-refractivity contribution in [2.75, 3.05) is 0 Å². The lowest BCUT2D eigenvalue weighted by molar-refractivity contribution is 1.18. The highest BCUT2D eigenvalue weighted by Crippen LogP contribution is 2.44. The zero-order chi connectivity index (χ0) is 45.2. The number of benzene rings is 14. The molecule has 1 heteroatoms. The van der Waals surface area contributed by atoms with Crippen LogP contribution in [0, 0.1) is 0 Å². The Morgan fingerprint density at radius 1 is 0.203 bits per heavy atom. The van der Waals surface area contributed by atoms with E-state index < -0.39 is 0 Å². The van der Waals surface area contributed by atoms with E-state index >= 15 is 0 Å².